The molecule has 5 rings (SSSR count). The van der Waals surface area contributed by atoms with Gasteiger partial charge < -0.3 is 9.88 Å². The number of nitrogens with one attached hydrogen (secondary N) is 1. The third kappa shape index (κ3) is 4.51. The highest BCUT2D eigenvalue weighted by Crippen LogP contribution is 2.29. The van der Waals surface area contributed by atoms with Gasteiger partial charge >= 0.3 is 0 Å². The normalized spacial score (nSPS) is 19.8. The van der Waals surface area contributed by atoms with Gasteiger partial charge in [0, 0.05) is 54.9 Å². The molecular weight excluding hydrogens is 417 g/mol. The van der Waals surface area contributed by atoms with Gasteiger partial charge in [-0.05, 0) is 76.3 Å². The number of aromatic nitrogens is 3. The number of rotatable bonds is 4. The van der Waals surface area contributed by atoms with E-state index in [1.54, 1.807) is 12.3 Å². The maximum Gasteiger partial charge on any atom is 0.257 e. The van der Waals surface area contributed by atoms with Crippen molar-refractivity contribution < 1.29 is 9.18 Å². The number of aryl methyl sites for hydroxylation is 2. The van der Waals surface area contributed by atoms with E-state index in [0.29, 0.717) is 5.56 Å². The number of hydrogen-bond acceptors (Lipinski definition) is 4. The SMILES string of the molecule is Cc1nc([C@@H]2CCCN(Cc3c(C)[nH]c4ccc(F)cc34)C2)ncc1C(=O)N1CCCCC1. The number of nitrogens with zero attached hydrogens (tertiary/aromatic N) is 4. The number of H-pyrrole nitrogens is 1. The number of piperidine rings is 2. The number of fused-ring (bicyclic) bond motifs is 1. The maximum atomic E-state index is 13.9. The van der Waals surface area contributed by atoms with Crippen LogP contribution >= 0.6 is 0 Å². The van der Waals surface area contributed by atoms with Crippen LogP contribution in [0.1, 0.15) is 71.2 Å². The highest BCUT2D eigenvalue weighted by molar-refractivity contribution is 5.95. The fourth-order valence-electron chi connectivity index (χ4n) is 5.35. The molecule has 2 aromatic heterocycles. The van der Waals surface area contributed by atoms with Gasteiger partial charge in [0.05, 0.1) is 11.3 Å². The molecule has 33 heavy (non-hydrogen) atoms. The number of benzene rings is 1. The van der Waals surface area contributed by atoms with E-state index in [2.05, 4.69) is 21.8 Å². The summed E-state index contributed by atoms with van der Waals surface area (Å²) in [7, 11) is 0. The summed E-state index contributed by atoms with van der Waals surface area (Å²) in [5, 5.41) is 0.960. The van der Waals surface area contributed by atoms with Crippen molar-refractivity contribution in [2.24, 2.45) is 0 Å². The lowest BCUT2D eigenvalue weighted by Crippen LogP contribution is -2.37. The number of amides is 1. The number of carbonyl (C=O) groups is 1. The lowest BCUT2D eigenvalue weighted by molar-refractivity contribution is 0.0722. The van der Waals surface area contributed by atoms with Crippen LogP contribution in [0, 0.1) is 19.7 Å². The van der Waals surface area contributed by atoms with E-state index in [-0.39, 0.29) is 17.6 Å². The average Bonchev–Trinajstić information content (AvgIpc) is 3.13. The number of hydrogen-bond donors (Lipinski definition) is 1. The molecule has 3 aromatic rings. The number of likely N-dealkylation sites (tertiary alicyclic amines) is 2. The fraction of sp³-hybridized carbons (Fsp3) is 0.500. The fourth-order valence-corrected chi connectivity index (χ4v) is 5.35. The second-order valence-corrected chi connectivity index (χ2v) is 9.57. The van der Waals surface area contributed by atoms with Gasteiger partial charge in [0.2, 0.25) is 0 Å². The van der Waals surface area contributed by atoms with Gasteiger partial charge in [-0.1, -0.05) is 0 Å². The number of halogens is 1. The molecule has 0 bridgehead atoms. The van der Waals surface area contributed by atoms with E-state index in [9.17, 15) is 9.18 Å². The average molecular weight is 450 g/mol. The Kier molecular flexibility index (Phi) is 6.15. The first-order chi connectivity index (χ1) is 16.0. The zero-order chi connectivity index (χ0) is 22.9. The molecule has 1 atom stereocenters. The highest BCUT2D eigenvalue weighted by atomic mass is 19.1. The minimum atomic E-state index is -0.206. The van der Waals surface area contributed by atoms with Crippen LogP contribution in [-0.4, -0.2) is 56.8 Å². The summed E-state index contributed by atoms with van der Waals surface area (Å²) in [5.74, 6) is 0.918. The minimum Gasteiger partial charge on any atom is -0.358 e. The molecule has 0 aliphatic carbocycles. The predicted molar refractivity (Wildman–Crippen MR) is 127 cm³/mol. The summed E-state index contributed by atoms with van der Waals surface area (Å²) < 4.78 is 13.9. The van der Waals surface area contributed by atoms with Crippen molar-refractivity contribution in [2.45, 2.75) is 58.4 Å². The monoisotopic (exact) mass is 449 g/mol. The third-order valence-electron chi connectivity index (χ3n) is 7.21. The van der Waals surface area contributed by atoms with Gasteiger partial charge in [0.25, 0.3) is 5.91 Å². The minimum absolute atomic E-state index is 0.0612. The predicted octanol–water partition coefficient (Wildman–Crippen LogP) is 4.72. The van der Waals surface area contributed by atoms with Crippen LogP contribution in [0.2, 0.25) is 0 Å². The second kappa shape index (κ2) is 9.21. The van der Waals surface area contributed by atoms with Crippen molar-refractivity contribution in [3.05, 3.63) is 58.6 Å². The topological polar surface area (TPSA) is 65.1 Å². The molecule has 0 radical (unpaired) electrons. The summed E-state index contributed by atoms with van der Waals surface area (Å²) in [6, 6.07) is 4.93. The molecule has 0 spiro atoms. The second-order valence-electron chi connectivity index (χ2n) is 9.57. The Bertz CT molecular complexity index is 1170. The first-order valence-corrected chi connectivity index (χ1v) is 12.1. The zero-order valence-electron chi connectivity index (χ0n) is 19.5. The first kappa shape index (κ1) is 22.0. The van der Waals surface area contributed by atoms with Gasteiger partial charge in [-0.25, -0.2) is 14.4 Å². The molecule has 0 saturated carbocycles. The molecule has 6 nitrogen and oxygen atoms in total. The van der Waals surface area contributed by atoms with Crippen molar-refractivity contribution in [2.75, 3.05) is 26.2 Å². The summed E-state index contributed by atoms with van der Waals surface area (Å²) in [4.78, 5) is 30.1. The molecule has 2 saturated heterocycles. The standard InChI is InChI=1S/C26H32FN5O/c1-17-22(26(33)32-11-4-3-5-12-32)14-28-25(30-17)19-7-6-10-31(15-19)16-23-18(2)29-24-9-8-20(27)13-21(23)24/h8-9,13-14,19,29H,3-7,10-12,15-16H2,1-2H3/t19-/m1/s1. The lowest BCUT2D eigenvalue weighted by atomic mass is 9.96. The van der Waals surface area contributed by atoms with E-state index < -0.39 is 0 Å². The lowest BCUT2D eigenvalue weighted by Gasteiger charge is -2.32. The largest absolute Gasteiger partial charge is 0.358 e. The Morgan fingerprint density at radius 1 is 1.15 bits per heavy atom. The summed E-state index contributed by atoms with van der Waals surface area (Å²) in [5.41, 5.74) is 4.63. The van der Waals surface area contributed by atoms with Gasteiger partial charge in [0.15, 0.2) is 0 Å². The van der Waals surface area contributed by atoms with Gasteiger partial charge in [-0.3, -0.25) is 9.69 Å². The molecule has 1 aromatic carbocycles. The maximum absolute atomic E-state index is 13.9. The summed E-state index contributed by atoms with van der Waals surface area (Å²) >= 11 is 0. The molecule has 1 N–H and O–H groups in total. The molecule has 174 valence electrons. The van der Waals surface area contributed by atoms with Crippen LogP contribution in [0.25, 0.3) is 10.9 Å². The van der Waals surface area contributed by atoms with Crippen LogP contribution < -0.4 is 0 Å². The molecule has 2 aliphatic rings. The Morgan fingerprint density at radius 2 is 1.97 bits per heavy atom. The summed E-state index contributed by atoms with van der Waals surface area (Å²) in [6.45, 7) is 8.27. The smallest absolute Gasteiger partial charge is 0.257 e. The quantitative estimate of drug-likeness (QED) is 0.626. The molecule has 2 aliphatic heterocycles. The van der Waals surface area contributed by atoms with Crippen molar-refractivity contribution >= 4 is 16.8 Å². The van der Waals surface area contributed by atoms with Crippen LogP contribution in [0.15, 0.2) is 24.4 Å². The third-order valence-corrected chi connectivity index (χ3v) is 7.21. The van der Waals surface area contributed by atoms with Crippen LogP contribution in [0.4, 0.5) is 4.39 Å². The van der Waals surface area contributed by atoms with Gasteiger partial charge in [-0.2, -0.15) is 0 Å². The highest BCUT2D eigenvalue weighted by Gasteiger charge is 2.27. The van der Waals surface area contributed by atoms with Gasteiger partial charge in [0.1, 0.15) is 11.6 Å². The molecule has 1 amide bonds. The van der Waals surface area contributed by atoms with Crippen molar-refractivity contribution in [1.82, 2.24) is 24.8 Å². The van der Waals surface area contributed by atoms with E-state index >= 15 is 0 Å². The molecule has 2 fully saturated rings. The van der Waals surface area contributed by atoms with E-state index in [1.165, 1.54) is 12.5 Å². The van der Waals surface area contributed by atoms with E-state index in [4.69, 9.17) is 4.98 Å². The van der Waals surface area contributed by atoms with Gasteiger partial charge in [-0.15, -0.1) is 0 Å². The van der Waals surface area contributed by atoms with Crippen LogP contribution in [0.5, 0.6) is 0 Å². The molecule has 4 heterocycles. The van der Waals surface area contributed by atoms with Crippen molar-refractivity contribution in [1.29, 1.82) is 0 Å². The summed E-state index contributed by atoms with van der Waals surface area (Å²) in [6.07, 6.45) is 7.19. The number of aromatic amines is 1. The molecular formula is C26H32FN5O. The Hall–Kier alpha value is -2.80. The van der Waals surface area contributed by atoms with E-state index in [1.807, 2.05) is 17.9 Å². The molecule has 0 unspecified atom stereocenters. The van der Waals surface area contributed by atoms with E-state index in [0.717, 1.165) is 92.1 Å². The Labute approximate surface area is 194 Å². The first-order valence-electron chi connectivity index (χ1n) is 12.1. The number of carbonyl (C=O) groups excluding carboxylic acids is 1. The Balaban J connectivity index is 1.31. The molecule has 7 heteroatoms. The van der Waals surface area contributed by atoms with Crippen molar-refractivity contribution in [3.63, 3.8) is 0 Å². The van der Waals surface area contributed by atoms with Crippen LogP contribution in [-0.2, 0) is 6.54 Å². The van der Waals surface area contributed by atoms with Crippen LogP contribution in [0.3, 0.4) is 0 Å². The Morgan fingerprint density at radius 3 is 2.76 bits per heavy atom. The zero-order valence-corrected chi connectivity index (χ0v) is 19.5. The van der Waals surface area contributed by atoms with Crippen molar-refractivity contribution in [3.8, 4) is 0 Å².